The molecule has 0 unspecified atom stereocenters. The molecule has 0 rings (SSSR count). The van der Waals surface area contributed by atoms with Crippen LogP contribution in [0.15, 0.2) is 12.2 Å². The monoisotopic (exact) mass is 324 g/mol. The van der Waals surface area contributed by atoms with E-state index in [1.54, 1.807) is 0 Å². The van der Waals surface area contributed by atoms with Crippen LogP contribution in [0.5, 0.6) is 0 Å². The van der Waals surface area contributed by atoms with E-state index in [0.717, 1.165) is 44.9 Å². The van der Waals surface area contributed by atoms with E-state index in [0.29, 0.717) is 18.6 Å². The van der Waals surface area contributed by atoms with E-state index in [2.05, 4.69) is 13.0 Å². The van der Waals surface area contributed by atoms with Crippen molar-refractivity contribution in [2.45, 2.75) is 103 Å². The summed E-state index contributed by atoms with van der Waals surface area (Å²) in [7, 11) is 0. The number of carboxylic acid groups (broad SMARTS) is 1. The number of allylic oxidation sites excluding steroid dienone is 2. The van der Waals surface area contributed by atoms with Gasteiger partial charge in [-0.1, -0.05) is 70.4 Å². The van der Waals surface area contributed by atoms with E-state index >= 15 is 0 Å². The Balaban J connectivity index is 3.24. The van der Waals surface area contributed by atoms with Crippen LogP contribution in [0.3, 0.4) is 0 Å². The highest BCUT2D eigenvalue weighted by molar-refractivity contribution is 5.79. The van der Waals surface area contributed by atoms with Gasteiger partial charge >= 0.3 is 5.97 Å². The SMILES string of the molecule is CCCCC/C=C\CC(=O)CCCCCCCCCCC(=O)O. The summed E-state index contributed by atoms with van der Waals surface area (Å²) in [6.07, 6.45) is 19.4. The van der Waals surface area contributed by atoms with Crippen molar-refractivity contribution >= 4 is 11.8 Å². The summed E-state index contributed by atoms with van der Waals surface area (Å²) in [4.78, 5) is 22.0. The lowest BCUT2D eigenvalue weighted by molar-refractivity contribution is -0.137. The Hall–Kier alpha value is -1.12. The Kier molecular flexibility index (Phi) is 16.4. The van der Waals surface area contributed by atoms with Gasteiger partial charge in [0.05, 0.1) is 0 Å². The van der Waals surface area contributed by atoms with Crippen molar-refractivity contribution in [3.05, 3.63) is 12.2 Å². The minimum absolute atomic E-state index is 0.301. The number of Topliss-reactive ketones (excluding diaryl/α,β-unsaturated/α-hetero) is 1. The van der Waals surface area contributed by atoms with Gasteiger partial charge in [-0.3, -0.25) is 9.59 Å². The molecule has 134 valence electrons. The second kappa shape index (κ2) is 17.2. The molecule has 0 aromatic rings. The number of hydrogen-bond acceptors (Lipinski definition) is 2. The average molecular weight is 325 g/mol. The first-order valence-electron chi connectivity index (χ1n) is 9.55. The predicted octanol–water partition coefficient (Wildman–Crippen LogP) is 6.07. The van der Waals surface area contributed by atoms with Crippen LogP contribution in [0.2, 0.25) is 0 Å². The molecule has 0 fully saturated rings. The van der Waals surface area contributed by atoms with Crippen molar-refractivity contribution in [1.82, 2.24) is 0 Å². The molecule has 0 spiro atoms. The molecule has 0 atom stereocenters. The van der Waals surface area contributed by atoms with Crippen LogP contribution < -0.4 is 0 Å². The summed E-state index contributed by atoms with van der Waals surface area (Å²) in [6, 6.07) is 0. The summed E-state index contributed by atoms with van der Waals surface area (Å²) in [6.45, 7) is 2.20. The fraction of sp³-hybridized carbons (Fsp3) is 0.800. The standard InChI is InChI=1S/C20H36O3/c1-2-3-4-5-10-13-16-19(21)17-14-11-8-6-7-9-12-15-18-20(22)23/h10,13H,2-9,11-12,14-18H2,1H3,(H,22,23)/b13-10-. The van der Waals surface area contributed by atoms with Crippen molar-refractivity contribution < 1.29 is 14.7 Å². The lowest BCUT2D eigenvalue weighted by Gasteiger charge is -2.01. The van der Waals surface area contributed by atoms with Gasteiger partial charge in [0, 0.05) is 19.3 Å². The number of rotatable bonds is 17. The largest absolute Gasteiger partial charge is 0.481 e. The van der Waals surface area contributed by atoms with Crippen molar-refractivity contribution in [2.24, 2.45) is 0 Å². The van der Waals surface area contributed by atoms with E-state index in [1.165, 1.54) is 38.5 Å². The molecule has 1 N–H and O–H groups in total. The maximum atomic E-state index is 11.7. The summed E-state index contributed by atoms with van der Waals surface area (Å²) in [5.74, 6) is -0.323. The lowest BCUT2D eigenvalue weighted by Crippen LogP contribution is -1.95. The third-order valence-electron chi connectivity index (χ3n) is 4.08. The zero-order valence-corrected chi connectivity index (χ0v) is 15.0. The van der Waals surface area contributed by atoms with Crippen LogP contribution in [0.1, 0.15) is 103 Å². The fourth-order valence-corrected chi connectivity index (χ4v) is 2.61. The molecule has 0 aliphatic carbocycles. The van der Waals surface area contributed by atoms with Gasteiger partial charge < -0.3 is 5.11 Å². The van der Waals surface area contributed by atoms with Gasteiger partial charge in [0.15, 0.2) is 0 Å². The normalized spacial score (nSPS) is 11.2. The maximum Gasteiger partial charge on any atom is 0.303 e. The second-order valence-electron chi connectivity index (χ2n) is 6.43. The van der Waals surface area contributed by atoms with Crippen molar-refractivity contribution in [1.29, 1.82) is 0 Å². The first-order chi connectivity index (χ1) is 11.2. The molecule has 0 saturated carbocycles. The Morgan fingerprint density at radius 2 is 1.30 bits per heavy atom. The third-order valence-corrected chi connectivity index (χ3v) is 4.08. The highest BCUT2D eigenvalue weighted by Gasteiger charge is 2.00. The quantitative estimate of drug-likeness (QED) is 0.261. The number of carboxylic acids is 1. The second-order valence-corrected chi connectivity index (χ2v) is 6.43. The molecule has 3 nitrogen and oxygen atoms in total. The summed E-state index contributed by atoms with van der Waals surface area (Å²) in [5.41, 5.74) is 0. The molecular formula is C20H36O3. The minimum atomic E-state index is -0.689. The van der Waals surface area contributed by atoms with Crippen molar-refractivity contribution in [2.75, 3.05) is 0 Å². The molecule has 3 heteroatoms. The van der Waals surface area contributed by atoms with Gasteiger partial charge in [-0.2, -0.15) is 0 Å². The third kappa shape index (κ3) is 18.8. The first-order valence-corrected chi connectivity index (χ1v) is 9.55. The topological polar surface area (TPSA) is 54.4 Å². The molecule has 0 bridgehead atoms. The lowest BCUT2D eigenvalue weighted by atomic mass is 10.0. The molecule has 0 aromatic carbocycles. The molecule has 23 heavy (non-hydrogen) atoms. The zero-order valence-electron chi connectivity index (χ0n) is 15.0. The Morgan fingerprint density at radius 3 is 1.87 bits per heavy atom. The molecule has 0 saturated heterocycles. The molecule has 0 heterocycles. The van der Waals surface area contributed by atoms with Gasteiger partial charge in [-0.25, -0.2) is 0 Å². The molecule has 0 radical (unpaired) electrons. The fourth-order valence-electron chi connectivity index (χ4n) is 2.61. The Bertz CT molecular complexity index is 321. The van der Waals surface area contributed by atoms with Crippen LogP contribution >= 0.6 is 0 Å². The smallest absolute Gasteiger partial charge is 0.303 e. The number of unbranched alkanes of at least 4 members (excludes halogenated alkanes) is 10. The predicted molar refractivity (Wildman–Crippen MR) is 96.7 cm³/mol. The van der Waals surface area contributed by atoms with E-state index in [1.807, 2.05) is 6.08 Å². The Labute approximate surface area is 142 Å². The highest BCUT2D eigenvalue weighted by atomic mass is 16.4. The highest BCUT2D eigenvalue weighted by Crippen LogP contribution is 2.11. The molecule has 0 amide bonds. The van der Waals surface area contributed by atoms with Crippen LogP contribution in [0, 0.1) is 0 Å². The van der Waals surface area contributed by atoms with Gasteiger partial charge in [0.1, 0.15) is 5.78 Å². The van der Waals surface area contributed by atoms with Crippen LogP contribution in [-0.2, 0) is 9.59 Å². The van der Waals surface area contributed by atoms with Gasteiger partial charge in [-0.15, -0.1) is 0 Å². The van der Waals surface area contributed by atoms with Crippen LogP contribution in [0.4, 0.5) is 0 Å². The van der Waals surface area contributed by atoms with Gasteiger partial charge in [-0.05, 0) is 25.7 Å². The number of ketones is 1. The van der Waals surface area contributed by atoms with Crippen molar-refractivity contribution in [3.63, 3.8) is 0 Å². The van der Waals surface area contributed by atoms with Gasteiger partial charge in [0.2, 0.25) is 0 Å². The number of carbonyl (C=O) groups is 2. The van der Waals surface area contributed by atoms with Crippen LogP contribution in [0.25, 0.3) is 0 Å². The number of hydrogen-bond donors (Lipinski definition) is 1. The van der Waals surface area contributed by atoms with Crippen LogP contribution in [-0.4, -0.2) is 16.9 Å². The summed E-state index contributed by atoms with van der Waals surface area (Å²) >= 11 is 0. The Morgan fingerprint density at radius 1 is 0.739 bits per heavy atom. The first kappa shape index (κ1) is 21.9. The van der Waals surface area contributed by atoms with E-state index in [4.69, 9.17) is 5.11 Å². The van der Waals surface area contributed by atoms with E-state index < -0.39 is 5.97 Å². The zero-order chi connectivity index (χ0) is 17.2. The summed E-state index contributed by atoms with van der Waals surface area (Å²) < 4.78 is 0. The van der Waals surface area contributed by atoms with E-state index in [-0.39, 0.29) is 0 Å². The molecular weight excluding hydrogens is 288 g/mol. The maximum absolute atomic E-state index is 11.7. The average Bonchev–Trinajstić information content (AvgIpc) is 2.52. The number of aliphatic carboxylic acids is 1. The molecule has 0 aliphatic rings. The molecule has 0 aromatic heterocycles. The number of carbonyl (C=O) groups excluding carboxylic acids is 1. The van der Waals surface area contributed by atoms with Gasteiger partial charge in [0.25, 0.3) is 0 Å². The minimum Gasteiger partial charge on any atom is -0.481 e. The van der Waals surface area contributed by atoms with E-state index in [9.17, 15) is 9.59 Å². The summed E-state index contributed by atoms with van der Waals surface area (Å²) in [5, 5.41) is 8.53. The molecule has 0 aliphatic heterocycles. The van der Waals surface area contributed by atoms with Crippen molar-refractivity contribution in [3.8, 4) is 0 Å².